The second-order valence-electron chi connectivity index (χ2n) is 2.03. The molecular weight excluding hydrogens is 196 g/mol. The number of halogens is 1. The summed E-state index contributed by atoms with van der Waals surface area (Å²) in [7, 11) is 0. The maximum absolute atomic E-state index is 11.0. The Morgan fingerprint density at radius 3 is 2.85 bits per heavy atom. The molecule has 0 saturated carbocycles. The third kappa shape index (κ3) is 4.98. The van der Waals surface area contributed by atoms with Crippen LogP contribution in [0.3, 0.4) is 0 Å². The lowest BCUT2D eigenvalue weighted by atomic mass is 10.5. The van der Waals surface area contributed by atoms with Gasteiger partial charge in [0.1, 0.15) is 0 Å². The molecule has 0 heterocycles. The normalized spacial score (nSPS) is 8.62. The van der Waals surface area contributed by atoms with E-state index in [-0.39, 0.29) is 25.4 Å². The molecule has 0 aliphatic heterocycles. The largest absolute Gasteiger partial charge is 0.340 e. The Morgan fingerprint density at radius 2 is 2.38 bits per heavy atom. The summed E-state index contributed by atoms with van der Waals surface area (Å²) >= 11 is 5.31. The zero-order chi connectivity index (χ0) is 10.1. The van der Waals surface area contributed by atoms with Crippen molar-refractivity contribution in [2.24, 2.45) is 5.29 Å². The monoisotopic (exact) mass is 204 g/mol. The maximum atomic E-state index is 11.0. The Kier molecular flexibility index (Phi) is 6.55. The van der Waals surface area contributed by atoms with Crippen LogP contribution in [-0.4, -0.2) is 30.0 Å². The summed E-state index contributed by atoms with van der Waals surface area (Å²) in [5.74, 6) is 0.136. The zero-order valence-electron chi connectivity index (χ0n) is 6.86. The first kappa shape index (κ1) is 11.6. The van der Waals surface area contributed by atoms with Crippen LogP contribution in [0.5, 0.6) is 0 Å². The SMILES string of the molecule is N#CCCNC(=O)N(CCCl)N=O. The first-order chi connectivity index (χ1) is 6.26. The van der Waals surface area contributed by atoms with Crippen molar-refractivity contribution in [3.63, 3.8) is 0 Å². The Balaban J connectivity index is 3.78. The molecule has 72 valence electrons. The van der Waals surface area contributed by atoms with Gasteiger partial charge >= 0.3 is 6.03 Å². The second kappa shape index (κ2) is 7.31. The molecule has 0 aliphatic rings. The minimum atomic E-state index is -0.633. The fourth-order valence-electron chi connectivity index (χ4n) is 0.576. The quantitative estimate of drug-likeness (QED) is 0.312. The van der Waals surface area contributed by atoms with Gasteiger partial charge in [0, 0.05) is 12.4 Å². The molecule has 0 fully saturated rings. The minimum absolute atomic E-state index is 0.0590. The number of hydrogen-bond donors (Lipinski definition) is 1. The van der Waals surface area contributed by atoms with E-state index in [9.17, 15) is 9.70 Å². The Bertz CT molecular complexity index is 215. The van der Waals surface area contributed by atoms with E-state index in [0.717, 1.165) is 0 Å². The van der Waals surface area contributed by atoms with Crippen molar-refractivity contribution in [2.75, 3.05) is 19.0 Å². The van der Waals surface area contributed by atoms with E-state index < -0.39 is 6.03 Å². The van der Waals surface area contributed by atoms with Crippen LogP contribution >= 0.6 is 11.6 Å². The van der Waals surface area contributed by atoms with E-state index in [2.05, 4.69) is 10.6 Å². The average molecular weight is 205 g/mol. The van der Waals surface area contributed by atoms with Crippen LogP contribution in [0.4, 0.5) is 4.79 Å². The molecule has 0 aliphatic carbocycles. The van der Waals surface area contributed by atoms with Crippen LogP contribution in [0, 0.1) is 16.2 Å². The zero-order valence-corrected chi connectivity index (χ0v) is 7.62. The highest BCUT2D eigenvalue weighted by atomic mass is 35.5. The molecule has 2 amide bonds. The first-order valence-electron chi connectivity index (χ1n) is 3.57. The molecule has 6 nitrogen and oxygen atoms in total. The highest BCUT2D eigenvalue weighted by Crippen LogP contribution is 1.91. The highest BCUT2D eigenvalue weighted by molar-refractivity contribution is 6.18. The summed E-state index contributed by atoms with van der Waals surface area (Å²) in [5.41, 5.74) is 0. The first-order valence-corrected chi connectivity index (χ1v) is 4.11. The number of nitrogens with zero attached hydrogens (tertiary/aromatic N) is 3. The number of nitrogens with one attached hydrogen (secondary N) is 1. The van der Waals surface area contributed by atoms with Gasteiger partial charge in [-0.05, 0) is 0 Å². The van der Waals surface area contributed by atoms with Gasteiger partial charge in [0.05, 0.1) is 24.3 Å². The molecule has 0 radical (unpaired) electrons. The van der Waals surface area contributed by atoms with Gasteiger partial charge in [0.25, 0.3) is 0 Å². The predicted octanol–water partition coefficient (Wildman–Crippen LogP) is 0.832. The summed E-state index contributed by atoms with van der Waals surface area (Å²) in [6, 6.07) is 1.21. The topological polar surface area (TPSA) is 85.6 Å². The number of nitroso groups, excluding NO2 is 1. The molecule has 0 bridgehead atoms. The van der Waals surface area contributed by atoms with Gasteiger partial charge in [-0.1, -0.05) is 0 Å². The fraction of sp³-hybridized carbons (Fsp3) is 0.667. The van der Waals surface area contributed by atoms with Gasteiger partial charge in [-0.15, -0.1) is 16.5 Å². The molecule has 0 saturated heterocycles. The van der Waals surface area contributed by atoms with Crippen LogP contribution in [0.1, 0.15) is 6.42 Å². The second-order valence-corrected chi connectivity index (χ2v) is 2.41. The molecule has 0 aromatic heterocycles. The number of nitriles is 1. The Hall–Kier alpha value is -1.35. The third-order valence-electron chi connectivity index (χ3n) is 1.14. The molecule has 1 N–H and O–H groups in total. The van der Waals surface area contributed by atoms with Crippen LogP contribution in [-0.2, 0) is 0 Å². The van der Waals surface area contributed by atoms with E-state index >= 15 is 0 Å². The summed E-state index contributed by atoms with van der Waals surface area (Å²) < 4.78 is 0. The summed E-state index contributed by atoms with van der Waals surface area (Å²) in [5, 5.41) is 13.6. The molecule has 7 heteroatoms. The lowest BCUT2D eigenvalue weighted by molar-refractivity contribution is 0.202. The van der Waals surface area contributed by atoms with Crippen molar-refractivity contribution in [3.8, 4) is 6.07 Å². The smallest absolute Gasteiger partial charge is 0.335 e. The summed E-state index contributed by atoms with van der Waals surface area (Å²) in [6.07, 6.45) is 0.194. The Morgan fingerprint density at radius 1 is 1.69 bits per heavy atom. The summed E-state index contributed by atoms with van der Waals surface area (Å²) in [4.78, 5) is 21.1. The van der Waals surface area contributed by atoms with Crippen LogP contribution < -0.4 is 5.32 Å². The average Bonchev–Trinajstić information content (AvgIpc) is 2.14. The number of carbonyl (C=O) groups excluding carboxylic acids is 1. The lowest BCUT2D eigenvalue weighted by Crippen LogP contribution is -2.37. The molecule has 0 atom stereocenters. The molecule has 0 spiro atoms. The van der Waals surface area contributed by atoms with Crippen molar-refractivity contribution >= 4 is 17.6 Å². The molecule has 0 aromatic carbocycles. The van der Waals surface area contributed by atoms with E-state index in [1.807, 2.05) is 6.07 Å². The standard InChI is InChI=1S/C6H9ClN4O2/c7-2-5-11(10-13)6(12)9-4-1-3-8/h1-2,4-5H2,(H,9,12). The van der Waals surface area contributed by atoms with Crippen molar-refractivity contribution in [1.29, 1.82) is 5.26 Å². The van der Waals surface area contributed by atoms with Gasteiger partial charge in [0.15, 0.2) is 0 Å². The Labute approximate surface area is 80.4 Å². The van der Waals surface area contributed by atoms with Crippen LogP contribution in [0.2, 0.25) is 0 Å². The van der Waals surface area contributed by atoms with Crippen molar-refractivity contribution in [1.82, 2.24) is 10.3 Å². The van der Waals surface area contributed by atoms with E-state index in [4.69, 9.17) is 16.9 Å². The third-order valence-corrected chi connectivity index (χ3v) is 1.31. The molecular formula is C6H9ClN4O2. The van der Waals surface area contributed by atoms with E-state index in [0.29, 0.717) is 5.01 Å². The number of amides is 2. The van der Waals surface area contributed by atoms with Gasteiger partial charge < -0.3 is 5.32 Å². The molecule has 0 aromatic rings. The van der Waals surface area contributed by atoms with Crippen molar-refractivity contribution in [2.45, 2.75) is 6.42 Å². The van der Waals surface area contributed by atoms with Crippen molar-refractivity contribution in [3.05, 3.63) is 4.91 Å². The highest BCUT2D eigenvalue weighted by Gasteiger charge is 2.11. The maximum Gasteiger partial charge on any atom is 0.340 e. The van der Waals surface area contributed by atoms with E-state index in [1.165, 1.54) is 0 Å². The predicted molar refractivity (Wildman–Crippen MR) is 46.8 cm³/mol. The molecule has 0 unspecified atom stereocenters. The van der Waals surface area contributed by atoms with Gasteiger partial charge in [0.2, 0.25) is 0 Å². The number of alkyl halides is 1. The van der Waals surface area contributed by atoms with Gasteiger partial charge in [-0.25, -0.2) is 4.79 Å². The number of hydrogen-bond acceptors (Lipinski definition) is 4. The van der Waals surface area contributed by atoms with E-state index in [1.54, 1.807) is 0 Å². The van der Waals surface area contributed by atoms with Crippen LogP contribution in [0.15, 0.2) is 5.29 Å². The van der Waals surface area contributed by atoms with Gasteiger partial charge in [-0.2, -0.15) is 10.3 Å². The summed E-state index contributed by atoms with van der Waals surface area (Å²) in [6.45, 7) is 0.257. The molecule has 0 rings (SSSR count). The number of carbonyl (C=O) groups is 1. The fourth-order valence-corrected chi connectivity index (χ4v) is 0.736. The minimum Gasteiger partial charge on any atom is -0.335 e. The molecule has 13 heavy (non-hydrogen) atoms. The van der Waals surface area contributed by atoms with Crippen molar-refractivity contribution < 1.29 is 4.79 Å². The number of rotatable bonds is 5. The lowest BCUT2D eigenvalue weighted by Gasteiger charge is -2.11. The van der Waals surface area contributed by atoms with Crippen LogP contribution in [0.25, 0.3) is 0 Å². The number of urea groups is 1. The van der Waals surface area contributed by atoms with Gasteiger partial charge in [-0.3, -0.25) is 0 Å².